The summed E-state index contributed by atoms with van der Waals surface area (Å²) < 4.78 is 1.87. The maximum absolute atomic E-state index is 4.20. The van der Waals surface area contributed by atoms with Crippen molar-refractivity contribution in [3.05, 3.63) is 47.3 Å². The number of nitrogens with zero attached hydrogens (tertiary/aromatic N) is 2. The van der Waals surface area contributed by atoms with Crippen LogP contribution in [0.3, 0.4) is 0 Å². The molecule has 0 aliphatic rings. The summed E-state index contributed by atoms with van der Waals surface area (Å²) >= 11 is 0. The standard InChI is InChI=1S/C13H17N3/c1-10-5-4-6-12(7-10)8-14-13-9-15-16(3)11(13)2/h4-7,9,14H,8H2,1-3H3. The van der Waals surface area contributed by atoms with E-state index in [-0.39, 0.29) is 0 Å². The summed E-state index contributed by atoms with van der Waals surface area (Å²) in [5, 5.41) is 7.59. The molecule has 0 spiro atoms. The van der Waals surface area contributed by atoms with Gasteiger partial charge in [-0.05, 0) is 19.4 Å². The molecule has 0 saturated carbocycles. The second-order valence-electron chi connectivity index (χ2n) is 4.11. The molecule has 0 aliphatic carbocycles. The number of anilines is 1. The van der Waals surface area contributed by atoms with E-state index in [1.54, 1.807) is 0 Å². The second kappa shape index (κ2) is 4.39. The van der Waals surface area contributed by atoms with E-state index in [9.17, 15) is 0 Å². The molecule has 2 rings (SSSR count). The zero-order valence-electron chi connectivity index (χ0n) is 9.99. The van der Waals surface area contributed by atoms with Gasteiger partial charge in [-0.3, -0.25) is 4.68 Å². The number of benzene rings is 1. The number of aromatic nitrogens is 2. The lowest BCUT2D eigenvalue weighted by molar-refractivity contribution is 0.740. The summed E-state index contributed by atoms with van der Waals surface area (Å²) in [5.41, 5.74) is 4.85. The number of rotatable bonds is 3. The minimum absolute atomic E-state index is 0.841. The normalized spacial score (nSPS) is 10.4. The Balaban J connectivity index is 2.05. The van der Waals surface area contributed by atoms with Gasteiger partial charge in [0.1, 0.15) is 0 Å². The topological polar surface area (TPSA) is 29.9 Å². The molecule has 2 aromatic rings. The summed E-state index contributed by atoms with van der Waals surface area (Å²) in [7, 11) is 1.95. The van der Waals surface area contributed by atoms with Crippen LogP contribution in [-0.2, 0) is 13.6 Å². The first-order valence-electron chi connectivity index (χ1n) is 5.45. The summed E-state index contributed by atoms with van der Waals surface area (Å²) in [6.45, 7) is 5.01. The van der Waals surface area contributed by atoms with Crippen molar-refractivity contribution in [2.45, 2.75) is 20.4 Å². The van der Waals surface area contributed by atoms with E-state index in [2.05, 4.69) is 48.5 Å². The van der Waals surface area contributed by atoms with E-state index in [0.29, 0.717) is 0 Å². The van der Waals surface area contributed by atoms with Crippen molar-refractivity contribution in [1.29, 1.82) is 0 Å². The Morgan fingerprint density at radius 2 is 2.12 bits per heavy atom. The summed E-state index contributed by atoms with van der Waals surface area (Å²) in [6.07, 6.45) is 1.87. The summed E-state index contributed by atoms with van der Waals surface area (Å²) in [4.78, 5) is 0. The second-order valence-corrected chi connectivity index (χ2v) is 4.11. The highest BCUT2D eigenvalue weighted by Crippen LogP contribution is 2.14. The lowest BCUT2D eigenvalue weighted by atomic mass is 10.1. The molecule has 0 radical (unpaired) electrons. The molecule has 3 nitrogen and oxygen atoms in total. The maximum atomic E-state index is 4.20. The predicted molar refractivity (Wildman–Crippen MR) is 66.5 cm³/mol. The van der Waals surface area contributed by atoms with Gasteiger partial charge >= 0.3 is 0 Å². The van der Waals surface area contributed by atoms with Crippen LogP contribution >= 0.6 is 0 Å². The van der Waals surface area contributed by atoms with Crippen molar-refractivity contribution in [3.8, 4) is 0 Å². The highest BCUT2D eigenvalue weighted by Gasteiger charge is 2.02. The highest BCUT2D eigenvalue weighted by molar-refractivity contribution is 5.46. The minimum Gasteiger partial charge on any atom is -0.378 e. The molecule has 0 unspecified atom stereocenters. The first-order chi connectivity index (χ1) is 7.66. The third-order valence-corrected chi connectivity index (χ3v) is 2.80. The van der Waals surface area contributed by atoms with Gasteiger partial charge in [-0.1, -0.05) is 29.8 Å². The lowest BCUT2D eigenvalue weighted by Gasteiger charge is -2.06. The fourth-order valence-electron chi connectivity index (χ4n) is 1.69. The van der Waals surface area contributed by atoms with Gasteiger partial charge in [0.15, 0.2) is 0 Å². The van der Waals surface area contributed by atoms with Gasteiger partial charge in [0, 0.05) is 13.6 Å². The molecule has 0 amide bonds. The molecule has 1 aromatic carbocycles. The Bertz CT molecular complexity index is 486. The SMILES string of the molecule is Cc1cccc(CNc2cnn(C)c2C)c1. The van der Waals surface area contributed by atoms with Crippen molar-refractivity contribution in [3.63, 3.8) is 0 Å². The van der Waals surface area contributed by atoms with Crippen LogP contribution in [0.15, 0.2) is 30.5 Å². The molecule has 16 heavy (non-hydrogen) atoms. The van der Waals surface area contributed by atoms with E-state index in [1.807, 2.05) is 17.9 Å². The van der Waals surface area contributed by atoms with Crippen molar-refractivity contribution < 1.29 is 0 Å². The van der Waals surface area contributed by atoms with Crippen LogP contribution < -0.4 is 5.32 Å². The van der Waals surface area contributed by atoms with E-state index in [1.165, 1.54) is 11.1 Å². The molecule has 0 bridgehead atoms. The molecule has 1 heterocycles. The highest BCUT2D eigenvalue weighted by atomic mass is 15.3. The van der Waals surface area contributed by atoms with Gasteiger partial charge in [0.05, 0.1) is 17.6 Å². The van der Waals surface area contributed by atoms with Gasteiger partial charge < -0.3 is 5.32 Å². The molecule has 0 saturated heterocycles. The average molecular weight is 215 g/mol. The van der Waals surface area contributed by atoms with Crippen LogP contribution in [0.4, 0.5) is 5.69 Å². The predicted octanol–water partition coefficient (Wildman–Crippen LogP) is 2.65. The minimum atomic E-state index is 0.841. The quantitative estimate of drug-likeness (QED) is 0.853. The molecular formula is C13H17N3. The van der Waals surface area contributed by atoms with Crippen LogP contribution in [0.5, 0.6) is 0 Å². The van der Waals surface area contributed by atoms with Gasteiger partial charge in [-0.2, -0.15) is 5.10 Å². The van der Waals surface area contributed by atoms with Crippen LogP contribution in [0.2, 0.25) is 0 Å². The molecule has 84 valence electrons. The lowest BCUT2D eigenvalue weighted by Crippen LogP contribution is -2.01. The monoisotopic (exact) mass is 215 g/mol. The van der Waals surface area contributed by atoms with E-state index >= 15 is 0 Å². The molecule has 0 aliphatic heterocycles. The van der Waals surface area contributed by atoms with Gasteiger partial charge in [0.2, 0.25) is 0 Å². The Hall–Kier alpha value is -1.77. The van der Waals surface area contributed by atoms with Crippen LogP contribution in [0.25, 0.3) is 0 Å². The zero-order valence-corrected chi connectivity index (χ0v) is 9.99. The fraction of sp³-hybridized carbons (Fsp3) is 0.308. The van der Waals surface area contributed by atoms with Crippen LogP contribution in [0.1, 0.15) is 16.8 Å². The fourth-order valence-corrected chi connectivity index (χ4v) is 1.69. The maximum Gasteiger partial charge on any atom is 0.0758 e. The van der Waals surface area contributed by atoms with Crippen molar-refractivity contribution >= 4 is 5.69 Å². The van der Waals surface area contributed by atoms with Gasteiger partial charge in [-0.25, -0.2) is 0 Å². The van der Waals surface area contributed by atoms with Crippen LogP contribution in [-0.4, -0.2) is 9.78 Å². The first-order valence-corrected chi connectivity index (χ1v) is 5.45. The van der Waals surface area contributed by atoms with E-state index in [4.69, 9.17) is 0 Å². The Morgan fingerprint density at radius 3 is 2.75 bits per heavy atom. The average Bonchev–Trinajstić information content (AvgIpc) is 2.57. The Kier molecular flexibility index (Phi) is 2.95. The van der Waals surface area contributed by atoms with Crippen LogP contribution in [0, 0.1) is 13.8 Å². The van der Waals surface area contributed by atoms with E-state index < -0.39 is 0 Å². The van der Waals surface area contributed by atoms with Crippen molar-refractivity contribution in [2.24, 2.45) is 7.05 Å². The third-order valence-electron chi connectivity index (χ3n) is 2.80. The molecule has 3 heteroatoms. The molecule has 1 aromatic heterocycles. The summed E-state index contributed by atoms with van der Waals surface area (Å²) in [5.74, 6) is 0. The first kappa shape index (κ1) is 10.7. The zero-order chi connectivity index (χ0) is 11.5. The molecule has 0 atom stereocenters. The van der Waals surface area contributed by atoms with Gasteiger partial charge in [0.25, 0.3) is 0 Å². The number of hydrogen-bond donors (Lipinski definition) is 1. The summed E-state index contributed by atoms with van der Waals surface area (Å²) in [6, 6.07) is 8.52. The molecule has 0 fully saturated rings. The van der Waals surface area contributed by atoms with Gasteiger partial charge in [-0.15, -0.1) is 0 Å². The molecule has 1 N–H and O–H groups in total. The smallest absolute Gasteiger partial charge is 0.0758 e. The van der Waals surface area contributed by atoms with Crippen molar-refractivity contribution in [1.82, 2.24) is 9.78 Å². The number of hydrogen-bond acceptors (Lipinski definition) is 2. The largest absolute Gasteiger partial charge is 0.378 e. The number of aryl methyl sites for hydroxylation is 2. The van der Waals surface area contributed by atoms with E-state index in [0.717, 1.165) is 17.9 Å². The Labute approximate surface area is 96.1 Å². The third kappa shape index (κ3) is 2.24. The van der Waals surface area contributed by atoms with Crippen molar-refractivity contribution in [2.75, 3.05) is 5.32 Å². The molecular weight excluding hydrogens is 198 g/mol. The Morgan fingerprint density at radius 1 is 1.31 bits per heavy atom. The number of nitrogens with one attached hydrogen (secondary N) is 1.